The van der Waals surface area contributed by atoms with Crippen molar-refractivity contribution in [3.8, 4) is 0 Å². The Morgan fingerprint density at radius 2 is 2.00 bits per heavy atom. The third kappa shape index (κ3) is 1.95. The number of rotatable bonds is 2. The van der Waals surface area contributed by atoms with E-state index in [1.165, 1.54) is 14.1 Å². The Hall–Kier alpha value is -0.170. The van der Waals surface area contributed by atoms with Gasteiger partial charge in [0.1, 0.15) is 0 Å². The normalized spacial score (nSPS) is 21.6. The van der Waals surface area contributed by atoms with Crippen LogP contribution in [0, 0.1) is 0 Å². The number of hydrogen-bond donors (Lipinski definition) is 0. The molecule has 5 nitrogen and oxygen atoms in total. The average molecular weight is 194 g/mol. The standard InChI is InChI=1S/C6H14N2O3S/c1-7(2)12(9,10)8-5-3-4-6-11-8/h3-6H2,1-2H3. The van der Waals surface area contributed by atoms with Gasteiger partial charge in [0.2, 0.25) is 0 Å². The van der Waals surface area contributed by atoms with Crippen LogP contribution >= 0.6 is 0 Å². The third-order valence-corrected chi connectivity index (χ3v) is 3.41. The molecule has 0 radical (unpaired) electrons. The quantitative estimate of drug-likeness (QED) is 0.612. The summed E-state index contributed by atoms with van der Waals surface area (Å²) >= 11 is 0. The fraction of sp³-hybridized carbons (Fsp3) is 1.00. The van der Waals surface area contributed by atoms with Crippen LogP contribution in [-0.2, 0) is 15.0 Å². The molecule has 0 spiro atoms. The predicted octanol–water partition coefficient (Wildman–Crippen LogP) is -0.180. The minimum Gasteiger partial charge on any atom is -0.283 e. The molecule has 12 heavy (non-hydrogen) atoms. The summed E-state index contributed by atoms with van der Waals surface area (Å²) in [5, 5.41) is 0. The zero-order chi connectivity index (χ0) is 9.19. The van der Waals surface area contributed by atoms with Gasteiger partial charge in [-0.15, -0.1) is 0 Å². The van der Waals surface area contributed by atoms with Crippen molar-refractivity contribution < 1.29 is 13.3 Å². The summed E-state index contributed by atoms with van der Waals surface area (Å²) in [6.07, 6.45) is 1.80. The molecular formula is C6H14N2O3S. The lowest BCUT2D eigenvalue weighted by Crippen LogP contribution is -2.42. The Balaban J connectivity index is 2.67. The monoisotopic (exact) mass is 194 g/mol. The van der Waals surface area contributed by atoms with E-state index >= 15 is 0 Å². The zero-order valence-corrected chi connectivity index (χ0v) is 8.17. The molecule has 0 amide bonds. The first-order chi connectivity index (χ1) is 5.55. The summed E-state index contributed by atoms with van der Waals surface area (Å²) in [6, 6.07) is 0. The molecule has 0 N–H and O–H groups in total. The van der Waals surface area contributed by atoms with Crippen molar-refractivity contribution in [2.45, 2.75) is 12.8 Å². The molecule has 1 fully saturated rings. The van der Waals surface area contributed by atoms with Gasteiger partial charge in [0.05, 0.1) is 6.61 Å². The van der Waals surface area contributed by atoms with Crippen LogP contribution < -0.4 is 0 Å². The van der Waals surface area contributed by atoms with Gasteiger partial charge in [0, 0.05) is 20.6 Å². The molecule has 0 atom stereocenters. The van der Waals surface area contributed by atoms with Gasteiger partial charge in [-0.2, -0.15) is 12.7 Å². The van der Waals surface area contributed by atoms with Crippen molar-refractivity contribution >= 4 is 10.2 Å². The van der Waals surface area contributed by atoms with E-state index in [2.05, 4.69) is 0 Å². The van der Waals surface area contributed by atoms with Crippen molar-refractivity contribution in [2.75, 3.05) is 27.2 Å². The second-order valence-corrected chi connectivity index (χ2v) is 4.89. The van der Waals surface area contributed by atoms with Crippen molar-refractivity contribution in [1.29, 1.82) is 0 Å². The smallest absolute Gasteiger partial charge is 0.283 e. The molecule has 0 aromatic heterocycles. The van der Waals surface area contributed by atoms with E-state index in [-0.39, 0.29) is 0 Å². The van der Waals surface area contributed by atoms with E-state index in [0.717, 1.165) is 21.6 Å². The molecule has 1 aliphatic heterocycles. The van der Waals surface area contributed by atoms with E-state index in [1.807, 2.05) is 0 Å². The van der Waals surface area contributed by atoms with Crippen molar-refractivity contribution in [2.24, 2.45) is 0 Å². The maximum absolute atomic E-state index is 11.4. The van der Waals surface area contributed by atoms with E-state index in [9.17, 15) is 8.42 Å². The summed E-state index contributed by atoms with van der Waals surface area (Å²) in [4.78, 5) is 5.01. The van der Waals surface area contributed by atoms with Crippen LogP contribution in [-0.4, -0.2) is 44.4 Å². The van der Waals surface area contributed by atoms with Gasteiger partial charge in [-0.05, 0) is 12.8 Å². The molecule has 0 aromatic rings. The van der Waals surface area contributed by atoms with E-state index in [4.69, 9.17) is 4.84 Å². The van der Waals surface area contributed by atoms with Crippen LogP contribution in [0.25, 0.3) is 0 Å². The molecule has 1 saturated heterocycles. The Kier molecular flexibility index (Phi) is 3.05. The molecular weight excluding hydrogens is 180 g/mol. The second kappa shape index (κ2) is 3.69. The lowest BCUT2D eigenvalue weighted by Gasteiger charge is -2.27. The maximum atomic E-state index is 11.4. The fourth-order valence-corrected chi connectivity index (χ4v) is 1.87. The van der Waals surface area contributed by atoms with E-state index in [0.29, 0.717) is 13.2 Å². The van der Waals surface area contributed by atoms with Crippen molar-refractivity contribution in [1.82, 2.24) is 8.77 Å². The van der Waals surface area contributed by atoms with E-state index in [1.54, 1.807) is 0 Å². The van der Waals surface area contributed by atoms with Gasteiger partial charge in [-0.1, -0.05) is 4.47 Å². The minimum absolute atomic E-state index is 0.459. The Bertz CT molecular complexity index is 231. The average Bonchev–Trinajstić information content (AvgIpc) is 2.06. The molecule has 1 aliphatic rings. The van der Waals surface area contributed by atoms with Gasteiger partial charge < -0.3 is 0 Å². The molecule has 0 aliphatic carbocycles. The van der Waals surface area contributed by atoms with Crippen LogP contribution in [0.5, 0.6) is 0 Å². The molecule has 1 heterocycles. The summed E-state index contributed by atoms with van der Waals surface area (Å²) in [5.41, 5.74) is 0. The number of hydroxylamine groups is 1. The highest BCUT2D eigenvalue weighted by Gasteiger charge is 2.26. The lowest BCUT2D eigenvalue weighted by atomic mass is 10.3. The Morgan fingerprint density at radius 3 is 2.42 bits per heavy atom. The van der Waals surface area contributed by atoms with Gasteiger partial charge in [0.15, 0.2) is 0 Å². The summed E-state index contributed by atoms with van der Waals surface area (Å²) in [5.74, 6) is 0. The lowest BCUT2D eigenvalue weighted by molar-refractivity contribution is -0.112. The summed E-state index contributed by atoms with van der Waals surface area (Å²) in [6.45, 7) is 0.952. The molecule has 0 saturated carbocycles. The van der Waals surface area contributed by atoms with E-state index < -0.39 is 10.2 Å². The summed E-state index contributed by atoms with van der Waals surface area (Å²) in [7, 11) is -0.369. The zero-order valence-electron chi connectivity index (χ0n) is 7.36. The first kappa shape index (κ1) is 9.91. The Morgan fingerprint density at radius 1 is 1.33 bits per heavy atom. The molecule has 0 unspecified atom stereocenters. The molecule has 0 aromatic carbocycles. The maximum Gasteiger partial charge on any atom is 0.303 e. The SMILES string of the molecule is CN(C)S(=O)(=O)N1CCCCO1. The highest BCUT2D eigenvalue weighted by molar-refractivity contribution is 7.86. The molecule has 72 valence electrons. The van der Waals surface area contributed by atoms with Crippen LogP contribution in [0.4, 0.5) is 0 Å². The second-order valence-electron chi connectivity index (χ2n) is 2.86. The summed E-state index contributed by atoms with van der Waals surface area (Å²) < 4.78 is 25.0. The van der Waals surface area contributed by atoms with Gasteiger partial charge in [0.25, 0.3) is 0 Å². The number of nitrogens with zero attached hydrogens (tertiary/aromatic N) is 2. The topological polar surface area (TPSA) is 49.9 Å². The largest absolute Gasteiger partial charge is 0.303 e. The predicted molar refractivity (Wildman–Crippen MR) is 44.5 cm³/mol. The highest BCUT2D eigenvalue weighted by Crippen LogP contribution is 2.12. The fourth-order valence-electron chi connectivity index (χ4n) is 0.938. The third-order valence-electron chi connectivity index (χ3n) is 1.69. The van der Waals surface area contributed by atoms with Crippen LogP contribution in [0.3, 0.4) is 0 Å². The molecule has 0 bridgehead atoms. The van der Waals surface area contributed by atoms with Gasteiger partial charge in [-0.25, -0.2) is 0 Å². The first-order valence-corrected chi connectivity index (χ1v) is 5.28. The molecule has 6 heteroatoms. The van der Waals surface area contributed by atoms with Gasteiger partial charge >= 0.3 is 10.2 Å². The first-order valence-electron chi connectivity index (χ1n) is 3.88. The Labute approximate surface area is 73.0 Å². The van der Waals surface area contributed by atoms with Crippen LogP contribution in [0.2, 0.25) is 0 Å². The van der Waals surface area contributed by atoms with Gasteiger partial charge in [-0.3, -0.25) is 4.84 Å². The van der Waals surface area contributed by atoms with Crippen LogP contribution in [0.15, 0.2) is 0 Å². The van der Waals surface area contributed by atoms with Crippen molar-refractivity contribution in [3.05, 3.63) is 0 Å². The van der Waals surface area contributed by atoms with Crippen molar-refractivity contribution in [3.63, 3.8) is 0 Å². The van der Waals surface area contributed by atoms with Crippen LogP contribution in [0.1, 0.15) is 12.8 Å². The molecule has 1 rings (SSSR count). The number of hydrogen-bond acceptors (Lipinski definition) is 3. The minimum atomic E-state index is -3.36. The highest BCUT2D eigenvalue weighted by atomic mass is 32.2.